The highest BCUT2D eigenvalue weighted by Gasteiger charge is 2.28. The average Bonchev–Trinajstić information content (AvgIpc) is 3.21. The Morgan fingerprint density at radius 1 is 1.25 bits per heavy atom. The molecule has 4 rings (SSSR count). The lowest BCUT2D eigenvalue weighted by Gasteiger charge is -2.05. The first-order valence-corrected chi connectivity index (χ1v) is 9.74. The molecule has 1 aliphatic rings. The molecule has 0 spiro atoms. The average molecular weight is 358 g/mol. The third-order valence-corrected chi connectivity index (χ3v) is 5.90. The van der Waals surface area contributed by atoms with E-state index in [4.69, 9.17) is 9.72 Å². The minimum Gasteiger partial charge on any atom is -0.497 e. The zero-order valence-corrected chi connectivity index (χ0v) is 15.2. The van der Waals surface area contributed by atoms with Gasteiger partial charge >= 0.3 is 0 Å². The Hall–Kier alpha value is -1.86. The molecular formula is C17H18N4OS2. The maximum atomic E-state index is 5.20. The molecule has 0 atom stereocenters. The van der Waals surface area contributed by atoms with Crippen LogP contribution in [0.1, 0.15) is 30.4 Å². The van der Waals surface area contributed by atoms with Gasteiger partial charge in [0.2, 0.25) is 0 Å². The van der Waals surface area contributed by atoms with Gasteiger partial charge in [-0.25, -0.2) is 4.98 Å². The molecule has 1 saturated carbocycles. The summed E-state index contributed by atoms with van der Waals surface area (Å²) < 4.78 is 7.47. The summed E-state index contributed by atoms with van der Waals surface area (Å²) in [6.45, 7) is 2.03. The molecule has 2 heterocycles. The second-order valence-electron chi connectivity index (χ2n) is 5.79. The van der Waals surface area contributed by atoms with E-state index >= 15 is 0 Å². The molecule has 24 heavy (non-hydrogen) atoms. The molecule has 1 fully saturated rings. The first kappa shape index (κ1) is 15.7. The van der Waals surface area contributed by atoms with Crippen molar-refractivity contribution in [1.82, 2.24) is 19.7 Å². The van der Waals surface area contributed by atoms with Crippen LogP contribution in [0, 0.1) is 6.92 Å². The predicted molar refractivity (Wildman–Crippen MR) is 96.7 cm³/mol. The molecule has 3 aromatic rings. The number of nitrogens with zero attached hydrogens (tertiary/aromatic N) is 4. The van der Waals surface area contributed by atoms with Crippen LogP contribution in [-0.2, 0) is 5.75 Å². The SMILES string of the molecule is COc1ccc(-c2nc(CSc3nnc(C)n3C3CC3)cs2)cc1. The van der Waals surface area contributed by atoms with E-state index in [2.05, 4.69) is 20.1 Å². The van der Waals surface area contributed by atoms with Crippen LogP contribution in [0.5, 0.6) is 5.75 Å². The summed E-state index contributed by atoms with van der Waals surface area (Å²) in [4.78, 5) is 4.75. The van der Waals surface area contributed by atoms with Crippen molar-refractivity contribution in [2.45, 2.75) is 36.7 Å². The van der Waals surface area contributed by atoms with Gasteiger partial charge in [-0.3, -0.25) is 0 Å². The fraction of sp³-hybridized carbons (Fsp3) is 0.353. The molecule has 0 aliphatic heterocycles. The van der Waals surface area contributed by atoms with Crippen molar-refractivity contribution in [3.05, 3.63) is 41.2 Å². The Balaban J connectivity index is 1.45. The van der Waals surface area contributed by atoms with Crippen LogP contribution in [0.4, 0.5) is 0 Å². The van der Waals surface area contributed by atoms with E-state index in [-0.39, 0.29) is 0 Å². The van der Waals surface area contributed by atoms with Gasteiger partial charge in [-0.15, -0.1) is 21.5 Å². The molecule has 0 unspecified atom stereocenters. The topological polar surface area (TPSA) is 52.8 Å². The van der Waals surface area contributed by atoms with E-state index in [0.717, 1.165) is 38.7 Å². The fourth-order valence-electron chi connectivity index (χ4n) is 2.58. The van der Waals surface area contributed by atoms with Crippen molar-refractivity contribution in [2.75, 3.05) is 7.11 Å². The van der Waals surface area contributed by atoms with E-state index < -0.39 is 0 Å². The number of ether oxygens (including phenoxy) is 1. The molecular weight excluding hydrogens is 340 g/mol. The highest BCUT2D eigenvalue weighted by molar-refractivity contribution is 7.98. The first-order valence-electron chi connectivity index (χ1n) is 7.87. The third-order valence-electron chi connectivity index (χ3n) is 3.98. The summed E-state index contributed by atoms with van der Waals surface area (Å²) in [6, 6.07) is 8.62. The number of thiazole rings is 1. The molecule has 1 aromatic carbocycles. The molecule has 2 aromatic heterocycles. The molecule has 124 valence electrons. The van der Waals surface area contributed by atoms with Crippen molar-refractivity contribution in [3.63, 3.8) is 0 Å². The zero-order chi connectivity index (χ0) is 16.5. The Labute approximate surface area is 149 Å². The van der Waals surface area contributed by atoms with Gasteiger partial charge < -0.3 is 9.30 Å². The van der Waals surface area contributed by atoms with E-state index in [1.165, 1.54) is 12.8 Å². The minimum atomic E-state index is 0.604. The maximum absolute atomic E-state index is 5.20. The lowest BCUT2D eigenvalue weighted by Crippen LogP contribution is -1.99. The van der Waals surface area contributed by atoms with Gasteiger partial charge in [0.15, 0.2) is 5.16 Å². The number of thioether (sulfide) groups is 1. The second kappa shape index (κ2) is 6.57. The number of benzene rings is 1. The van der Waals surface area contributed by atoms with Crippen LogP contribution in [0.2, 0.25) is 0 Å². The summed E-state index contributed by atoms with van der Waals surface area (Å²) in [5.74, 6) is 2.69. The van der Waals surface area contributed by atoms with Gasteiger partial charge in [0.25, 0.3) is 0 Å². The monoisotopic (exact) mass is 358 g/mol. The molecule has 1 aliphatic carbocycles. The van der Waals surface area contributed by atoms with Crippen molar-refractivity contribution in [2.24, 2.45) is 0 Å². The molecule has 5 nitrogen and oxygen atoms in total. The third kappa shape index (κ3) is 3.18. The van der Waals surface area contributed by atoms with E-state index in [1.54, 1.807) is 30.2 Å². The Bertz CT molecular complexity index is 837. The summed E-state index contributed by atoms with van der Waals surface area (Å²) in [5, 5.41) is 12.7. The molecule has 0 amide bonds. The normalized spacial score (nSPS) is 14.1. The van der Waals surface area contributed by atoms with Crippen LogP contribution >= 0.6 is 23.1 Å². The van der Waals surface area contributed by atoms with Crippen LogP contribution < -0.4 is 4.74 Å². The maximum Gasteiger partial charge on any atom is 0.191 e. The highest BCUT2D eigenvalue weighted by Crippen LogP contribution is 2.39. The smallest absolute Gasteiger partial charge is 0.191 e. The Kier molecular flexibility index (Phi) is 4.28. The van der Waals surface area contributed by atoms with Crippen molar-refractivity contribution >= 4 is 23.1 Å². The van der Waals surface area contributed by atoms with Gasteiger partial charge in [-0.1, -0.05) is 11.8 Å². The summed E-state index contributed by atoms with van der Waals surface area (Å²) in [6.07, 6.45) is 2.48. The molecule has 0 saturated heterocycles. The second-order valence-corrected chi connectivity index (χ2v) is 7.59. The number of aromatic nitrogens is 4. The fourth-order valence-corrected chi connectivity index (χ4v) is 4.45. The number of aryl methyl sites for hydroxylation is 1. The molecule has 0 bridgehead atoms. The summed E-state index contributed by atoms with van der Waals surface area (Å²) in [7, 11) is 1.68. The quantitative estimate of drug-likeness (QED) is 0.613. The van der Waals surface area contributed by atoms with E-state index in [1.807, 2.05) is 31.2 Å². The number of methoxy groups -OCH3 is 1. The van der Waals surface area contributed by atoms with Gasteiger partial charge in [0.1, 0.15) is 16.6 Å². The Morgan fingerprint density at radius 3 is 2.75 bits per heavy atom. The van der Waals surface area contributed by atoms with Crippen molar-refractivity contribution < 1.29 is 4.74 Å². The molecule has 0 N–H and O–H groups in total. The standard InChI is InChI=1S/C17H18N4OS2/c1-11-19-20-17(21(11)14-5-6-14)24-10-13-9-23-16(18-13)12-3-7-15(22-2)8-4-12/h3-4,7-9,14H,5-6,10H2,1-2H3. The first-order chi connectivity index (χ1) is 11.7. The van der Waals surface area contributed by atoms with Gasteiger partial charge in [-0.2, -0.15) is 0 Å². The van der Waals surface area contributed by atoms with Crippen LogP contribution in [0.25, 0.3) is 10.6 Å². The Morgan fingerprint density at radius 2 is 2.04 bits per heavy atom. The predicted octanol–water partition coefficient (Wildman–Crippen LogP) is 4.35. The molecule has 7 heteroatoms. The minimum absolute atomic E-state index is 0.604. The van der Waals surface area contributed by atoms with Crippen molar-refractivity contribution in [1.29, 1.82) is 0 Å². The number of hydrogen-bond acceptors (Lipinski definition) is 6. The highest BCUT2D eigenvalue weighted by atomic mass is 32.2. The van der Waals surface area contributed by atoms with E-state index in [9.17, 15) is 0 Å². The van der Waals surface area contributed by atoms with Crippen LogP contribution in [0.3, 0.4) is 0 Å². The number of hydrogen-bond donors (Lipinski definition) is 0. The van der Waals surface area contributed by atoms with Crippen LogP contribution in [0.15, 0.2) is 34.8 Å². The molecule has 0 radical (unpaired) electrons. The van der Waals surface area contributed by atoms with Crippen molar-refractivity contribution in [3.8, 4) is 16.3 Å². The van der Waals surface area contributed by atoms with Gasteiger partial charge in [0, 0.05) is 22.7 Å². The summed E-state index contributed by atoms with van der Waals surface area (Å²) in [5.41, 5.74) is 2.20. The van der Waals surface area contributed by atoms with E-state index in [0.29, 0.717) is 6.04 Å². The lowest BCUT2D eigenvalue weighted by atomic mass is 10.2. The largest absolute Gasteiger partial charge is 0.497 e. The van der Waals surface area contributed by atoms with Crippen LogP contribution in [-0.4, -0.2) is 26.9 Å². The lowest BCUT2D eigenvalue weighted by molar-refractivity contribution is 0.415. The number of rotatable bonds is 6. The van der Waals surface area contributed by atoms with Gasteiger partial charge in [-0.05, 0) is 44.0 Å². The summed E-state index contributed by atoms with van der Waals surface area (Å²) >= 11 is 3.39. The zero-order valence-electron chi connectivity index (χ0n) is 13.6. The van der Waals surface area contributed by atoms with Gasteiger partial charge in [0.05, 0.1) is 12.8 Å².